The molecular formula is C17H18INO2. The number of ether oxygens (including phenoxy) is 1. The molecule has 0 aliphatic heterocycles. The monoisotopic (exact) mass is 395 g/mol. The number of hydrogen-bond donors (Lipinski definition) is 1. The average molecular weight is 395 g/mol. The molecule has 2 aromatic carbocycles. The molecule has 4 heteroatoms. The first kappa shape index (κ1) is 15.8. The van der Waals surface area contributed by atoms with Crippen LogP contribution in [0.15, 0.2) is 48.5 Å². The molecule has 1 N–H and O–H groups in total. The maximum Gasteiger partial charge on any atom is 0.251 e. The van der Waals surface area contributed by atoms with E-state index >= 15 is 0 Å². The van der Waals surface area contributed by atoms with Gasteiger partial charge in [-0.05, 0) is 72.3 Å². The van der Waals surface area contributed by atoms with Crippen molar-refractivity contribution >= 4 is 28.5 Å². The van der Waals surface area contributed by atoms with Crippen LogP contribution in [0.1, 0.15) is 29.8 Å². The molecule has 0 saturated carbocycles. The smallest absolute Gasteiger partial charge is 0.251 e. The number of benzene rings is 2. The number of carbonyl (C=O) groups is 1. The van der Waals surface area contributed by atoms with Crippen molar-refractivity contribution in [3.8, 4) is 5.75 Å². The second kappa shape index (κ2) is 7.45. The minimum atomic E-state index is -0.0660. The lowest BCUT2D eigenvalue weighted by Gasteiger charge is -2.11. The Bertz CT molecular complexity index is 626. The molecular weight excluding hydrogens is 377 g/mol. The van der Waals surface area contributed by atoms with Gasteiger partial charge in [-0.1, -0.05) is 18.2 Å². The number of rotatable bonds is 5. The lowest BCUT2D eigenvalue weighted by molar-refractivity contribution is 0.0950. The van der Waals surface area contributed by atoms with Crippen molar-refractivity contribution in [1.29, 1.82) is 0 Å². The molecule has 0 aromatic heterocycles. The largest absolute Gasteiger partial charge is 0.491 e. The highest BCUT2D eigenvalue weighted by atomic mass is 127. The van der Waals surface area contributed by atoms with Gasteiger partial charge >= 0.3 is 0 Å². The van der Waals surface area contributed by atoms with Crippen molar-refractivity contribution in [2.45, 2.75) is 26.5 Å². The van der Waals surface area contributed by atoms with E-state index in [4.69, 9.17) is 4.74 Å². The van der Waals surface area contributed by atoms with Crippen LogP contribution in [0.2, 0.25) is 0 Å². The van der Waals surface area contributed by atoms with Crippen molar-refractivity contribution in [2.75, 3.05) is 0 Å². The summed E-state index contributed by atoms with van der Waals surface area (Å²) in [7, 11) is 0. The third kappa shape index (κ3) is 5.04. The summed E-state index contributed by atoms with van der Waals surface area (Å²) in [5.41, 5.74) is 1.70. The van der Waals surface area contributed by atoms with Gasteiger partial charge in [0.15, 0.2) is 0 Å². The van der Waals surface area contributed by atoms with E-state index < -0.39 is 0 Å². The fraction of sp³-hybridized carbons (Fsp3) is 0.235. The molecule has 0 saturated heterocycles. The van der Waals surface area contributed by atoms with E-state index in [0.717, 1.165) is 14.9 Å². The van der Waals surface area contributed by atoms with Crippen LogP contribution in [0, 0.1) is 3.57 Å². The summed E-state index contributed by atoms with van der Waals surface area (Å²) in [5.74, 6) is 0.759. The third-order valence-corrected chi connectivity index (χ3v) is 3.48. The molecule has 0 atom stereocenters. The minimum Gasteiger partial charge on any atom is -0.491 e. The summed E-state index contributed by atoms with van der Waals surface area (Å²) in [5, 5.41) is 2.93. The normalized spacial score (nSPS) is 10.5. The van der Waals surface area contributed by atoms with E-state index in [0.29, 0.717) is 12.1 Å². The van der Waals surface area contributed by atoms with Crippen LogP contribution in [-0.4, -0.2) is 12.0 Å². The Hall–Kier alpha value is -1.56. The third-order valence-electron chi connectivity index (χ3n) is 2.81. The summed E-state index contributed by atoms with van der Waals surface area (Å²) in [4.78, 5) is 12.1. The van der Waals surface area contributed by atoms with E-state index in [1.807, 2.05) is 62.4 Å². The van der Waals surface area contributed by atoms with Crippen LogP contribution in [-0.2, 0) is 6.54 Å². The standard InChI is InChI=1S/C17H18INO2/c1-12(2)21-16-8-3-5-13(9-16)11-19-17(20)14-6-4-7-15(18)10-14/h3-10,12H,11H2,1-2H3,(H,19,20). The molecule has 0 aliphatic rings. The van der Waals surface area contributed by atoms with E-state index in [-0.39, 0.29) is 12.0 Å². The lowest BCUT2D eigenvalue weighted by atomic mass is 10.2. The Labute approximate surface area is 138 Å². The van der Waals surface area contributed by atoms with Crippen molar-refractivity contribution in [3.05, 3.63) is 63.2 Å². The van der Waals surface area contributed by atoms with Gasteiger partial charge in [-0.15, -0.1) is 0 Å². The molecule has 0 heterocycles. The first-order chi connectivity index (χ1) is 10.0. The van der Waals surface area contributed by atoms with Gasteiger partial charge in [0.25, 0.3) is 5.91 Å². The van der Waals surface area contributed by atoms with Gasteiger partial charge < -0.3 is 10.1 Å². The first-order valence-electron chi connectivity index (χ1n) is 6.84. The molecule has 110 valence electrons. The number of halogens is 1. The second-order valence-corrected chi connectivity index (χ2v) is 6.25. The van der Waals surface area contributed by atoms with Crippen LogP contribution in [0.3, 0.4) is 0 Å². The van der Waals surface area contributed by atoms with Gasteiger partial charge in [-0.3, -0.25) is 4.79 Å². The highest BCUT2D eigenvalue weighted by molar-refractivity contribution is 14.1. The zero-order valence-corrected chi connectivity index (χ0v) is 14.3. The first-order valence-corrected chi connectivity index (χ1v) is 7.92. The van der Waals surface area contributed by atoms with E-state index in [2.05, 4.69) is 27.9 Å². The minimum absolute atomic E-state index is 0.0660. The Morgan fingerprint density at radius 2 is 1.95 bits per heavy atom. The predicted molar refractivity (Wildman–Crippen MR) is 92.5 cm³/mol. The van der Waals surface area contributed by atoms with Crippen LogP contribution in [0.25, 0.3) is 0 Å². The van der Waals surface area contributed by atoms with Crippen LogP contribution < -0.4 is 10.1 Å². The summed E-state index contributed by atoms with van der Waals surface area (Å²) in [6, 6.07) is 15.3. The quantitative estimate of drug-likeness (QED) is 0.778. The Kier molecular flexibility index (Phi) is 5.61. The van der Waals surface area contributed by atoms with Gasteiger partial charge in [0.2, 0.25) is 0 Å². The Morgan fingerprint density at radius 1 is 1.19 bits per heavy atom. The molecule has 2 rings (SSSR count). The number of nitrogens with one attached hydrogen (secondary N) is 1. The summed E-state index contributed by atoms with van der Waals surface area (Å²) in [6.07, 6.45) is 0.140. The number of hydrogen-bond acceptors (Lipinski definition) is 2. The fourth-order valence-corrected chi connectivity index (χ4v) is 2.46. The van der Waals surface area contributed by atoms with Crippen LogP contribution in [0.4, 0.5) is 0 Å². The maximum absolute atomic E-state index is 12.1. The number of amides is 1. The zero-order valence-electron chi connectivity index (χ0n) is 12.1. The maximum atomic E-state index is 12.1. The Morgan fingerprint density at radius 3 is 2.67 bits per heavy atom. The fourth-order valence-electron chi connectivity index (χ4n) is 1.92. The molecule has 3 nitrogen and oxygen atoms in total. The average Bonchev–Trinajstić information content (AvgIpc) is 2.44. The van der Waals surface area contributed by atoms with E-state index in [1.54, 1.807) is 0 Å². The molecule has 1 amide bonds. The molecule has 0 fully saturated rings. The molecule has 0 unspecified atom stereocenters. The lowest BCUT2D eigenvalue weighted by Crippen LogP contribution is -2.22. The van der Waals surface area contributed by atoms with Crippen molar-refractivity contribution < 1.29 is 9.53 Å². The van der Waals surface area contributed by atoms with Crippen molar-refractivity contribution in [2.24, 2.45) is 0 Å². The van der Waals surface area contributed by atoms with Gasteiger partial charge in [0.1, 0.15) is 5.75 Å². The number of carbonyl (C=O) groups excluding carboxylic acids is 1. The molecule has 0 bridgehead atoms. The predicted octanol–water partition coefficient (Wildman–Crippen LogP) is 4.01. The van der Waals surface area contributed by atoms with Gasteiger partial charge in [0, 0.05) is 15.7 Å². The Balaban J connectivity index is 1.98. The topological polar surface area (TPSA) is 38.3 Å². The summed E-state index contributed by atoms with van der Waals surface area (Å²) in [6.45, 7) is 4.47. The molecule has 0 aliphatic carbocycles. The van der Waals surface area contributed by atoms with Crippen LogP contribution >= 0.6 is 22.6 Å². The highest BCUT2D eigenvalue weighted by Crippen LogP contribution is 2.15. The van der Waals surface area contributed by atoms with Gasteiger partial charge in [0.05, 0.1) is 6.10 Å². The van der Waals surface area contributed by atoms with E-state index in [1.165, 1.54) is 0 Å². The molecule has 2 aromatic rings. The van der Waals surface area contributed by atoms with E-state index in [9.17, 15) is 4.79 Å². The van der Waals surface area contributed by atoms with Crippen LogP contribution in [0.5, 0.6) is 5.75 Å². The van der Waals surface area contributed by atoms with Crippen molar-refractivity contribution in [3.63, 3.8) is 0 Å². The summed E-state index contributed by atoms with van der Waals surface area (Å²) >= 11 is 2.20. The zero-order chi connectivity index (χ0) is 15.2. The second-order valence-electron chi connectivity index (χ2n) is 5.01. The van der Waals surface area contributed by atoms with Gasteiger partial charge in [-0.2, -0.15) is 0 Å². The summed E-state index contributed by atoms with van der Waals surface area (Å²) < 4.78 is 6.70. The molecule has 21 heavy (non-hydrogen) atoms. The SMILES string of the molecule is CC(C)Oc1cccc(CNC(=O)c2cccc(I)c2)c1. The van der Waals surface area contributed by atoms with Crippen molar-refractivity contribution in [1.82, 2.24) is 5.32 Å². The highest BCUT2D eigenvalue weighted by Gasteiger charge is 2.06. The molecule has 0 spiro atoms. The molecule has 0 radical (unpaired) electrons. The van der Waals surface area contributed by atoms with Gasteiger partial charge in [-0.25, -0.2) is 0 Å².